The van der Waals surface area contributed by atoms with E-state index in [-0.39, 0.29) is 13.0 Å². The third-order valence-electron chi connectivity index (χ3n) is 1.93. The molecule has 0 fully saturated rings. The van der Waals surface area contributed by atoms with Crippen LogP contribution in [0.4, 0.5) is 0 Å². The van der Waals surface area contributed by atoms with Crippen molar-refractivity contribution < 1.29 is 19.6 Å². The molecule has 0 heterocycles. The van der Waals surface area contributed by atoms with Crippen molar-refractivity contribution in [2.45, 2.75) is 32.2 Å². The first-order valence-electron chi connectivity index (χ1n) is 4.47. The molecule has 14 heavy (non-hydrogen) atoms. The standard InChI is InChI=1S/C8H15NO5/c1-3-5-8(6-10,9(12)13)7(11)14-4-2/h10H,3-6H2,1-2H3. The number of hydrogen-bond acceptors (Lipinski definition) is 5. The van der Waals surface area contributed by atoms with Gasteiger partial charge in [0.25, 0.3) is 0 Å². The maximum atomic E-state index is 11.3. The predicted molar refractivity (Wildman–Crippen MR) is 48.4 cm³/mol. The zero-order chi connectivity index (χ0) is 11.2. The van der Waals surface area contributed by atoms with Crippen LogP contribution in [-0.2, 0) is 9.53 Å². The molecule has 0 bridgehead atoms. The molecule has 0 rings (SSSR count). The van der Waals surface area contributed by atoms with E-state index in [0.29, 0.717) is 6.42 Å². The van der Waals surface area contributed by atoms with Crippen LogP contribution in [0.2, 0.25) is 0 Å². The molecule has 0 saturated heterocycles. The predicted octanol–water partition coefficient (Wildman–Crippen LogP) is 0.357. The Hall–Kier alpha value is -1.17. The first-order valence-corrected chi connectivity index (χ1v) is 4.47. The van der Waals surface area contributed by atoms with Crippen LogP contribution < -0.4 is 0 Å². The monoisotopic (exact) mass is 205 g/mol. The molecule has 1 N–H and O–H groups in total. The smallest absolute Gasteiger partial charge is 0.387 e. The number of carbonyl (C=O) groups excluding carboxylic acids is 1. The Labute approximate surface area is 82.0 Å². The highest BCUT2D eigenvalue weighted by molar-refractivity contribution is 5.79. The first kappa shape index (κ1) is 12.8. The van der Waals surface area contributed by atoms with E-state index >= 15 is 0 Å². The Morgan fingerprint density at radius 1 is 1.57 bits per heavy atom. The van der Waals surface area contributed by atoms with E-state index < -0.39 is 23.0 Å². The van der Waals surface area contributed by atoms with E-state index in [4.69, 9.17) is 5.11 Å². The molecular weight excluding hydrogens is 190 g/mol. The highest BCUT2D eigenvalue weighted by Gasteiger charge is 2.51. The van der Waals surface area contributed by atoms with Gasteiger partial charge in [-0.15, -0.1) is 0 Å². The number of hydrogen-bond donors (Lipinski definition) is 1. The van der Waals surface area contributed by atoms with Gasteiger partial charge in [-0.3, -0.25) is 10.1 Å². The molecule has 0 spiro atoms. The van der Waals surface area contributed by atoms with Crippen molar-refractivity contribution >= 4 is 5.97 Å². The van der Waals surface area contributed by atoms with Crippen LogP contribution in [0, 0.1) is 10.1 Å². The van der Waals surface area contributed by atoms with Crippen molar-refractivity contribution in [1.82, 2.24) is 0 Å². The largest absolute Gasteiger partial charge is 0.461 e. The van der Waals surface area contributed by atoms with Crippen molar-refractivity contribution in [3.05, 3.63) is 10.1 Å². The number of carbonyl (C=O) groups is 1. The van der Waals surface area contributed by atoms with Crippen LogP contribution >= 0.6 is 0 Å². The minimum atomic E-state index is -1.98. The fraction of sp³-hybridized carbons (Fsp3) is 0.875. The SMILES string of the molecule is CCCC(CO)(C(=O)OCC)[N+](=O)[O-]. The van der Waals surface area contributed by atoms with E-state index in [9.17, 15) is 14.9 Å². The molecule has 0 aromatic rings. The van der Waals surface area contributed by atoms with Gasteiger partial charge < -0.3 is 9.84 Å². The molecule has 0 aromatic carbocycles. The lowest BCUT2D eigenvalue weighted by atomic mass is 9.96. The number of nitrogens with zero attached hydrogens (tertiary/aromatic N) is 1. The summed E-state index contributed by atoms with van der Waals surface area (Å²) < 4.78 is 4.57. The number of nitro groups is 1. The molecule has 6 nitrogen and oxygen atoms in total. The van der Waals surface area contributed by atoms with Crippen molar-refractivity contribution in [2.24, 2.45) is 0 Å². The van der Waals surface area contributed by atoms with Crippen molar-refractivity contribution in [1.29, 1.82) is 0 Å². The van der Waals surface area contributed by atoms with Crippen molar-refractivity contribution in [2.75, 3.05) is 13.2 Å². The minimum Gasteiger partial charge on any atom is -0.461 e. The summed E-state index contributed by atoms with van der Waals surface area (Å²) in [7, 11) is 0. The molecule has 1 atom stereocenters. The average Bonchev–Trinajstić information content (AvgIpc) is 2.14. The minimum absolute atomic E-state index is 0.0185. The van der Waals surface area contributed by atoms with Gasteiger partial charge in [-0.25, -0.2) is 4.79 Å². The lowest BCUT2D eigenvalue weighted by Gasteiger charge is -2.20. The second-order valence-electron chi connectivity index (χ2n) is 2.92. The second kappa shape index (κ2) is 5.54. The molecular formula is C8H15NO5. The van der Waals surface area contributed by atoms with Gasteiger partial charge in [-0.05, 0) is 13.3 Å². The van der Waals surface area contributed by atoms with Crippen LogP contribution in [0.1, 0.15) is 26.7 Å². The number of ether oxygens (including phenoxy) is 1. The van der Waals surface area contributed by atoms with E-state index in [1.165, 1.54) is 0 Å². The fourth-order valence-electron chi connectivity index (χ4n) is 1.15. The van der Waals surface area contributed by atoms with Gasteiger partial charge in [0.2, 0.25) is 0 Å². The van der Waals surface area contributed by atoms with Crippen LogP contribution in [0.3, 0.4) is 0 Å². The lowest BCUT2D eigenvalue weighted by Crippen LogP contribution is -2.50. The summed E-state index contributed by atoms with van der Waals surface area (Å²) >= 11 is 0. The van der Waals surface area contributed by atoms with E-state index in [1.54, 1.807) is 13.8 Å². The Balaban J connectivity index is 4.82. The topological polar surface area (TPSA) is 89.7 Å². The second-order valence-corrected chi connectivity index (χ2v) is 2.92. The number of aliphatic hydroxyl groups is 1. The molecule has 82 valence electrons. The number of esters is 1. The Morgan fingerprint density at radius 3 is 2.43 bits per heavy atom. The molecule has 1 unspecified atom stereocenters. The molecule has 6 heteroatoms. The zero-order valence-corrected chi connectivity index (χ0v) is 8.36. The summed E-state index contributed by atoms with van der Waals surface area (Å²) in [6.07, 6.45) is 0.412. The van der Waals surface area contributed by atoms with Crippen LogP contribution in [0.25, 0.3) is 0 Å². The van der Waals surface area contributed by atoms with Crippen LogP contribution in [0.15, 0.2) is 0 Å². The van der Waals surface area contributed by atoms with Gasteiger partial charge in [0, 0.05) is 11.3 Å². The molecule has 0 aromatic heterocycles. The van der Waals surface area contributed by atoms with Crippen LogP contribution in [0.5, 0.6) is 0 Å². The quantitative estimate of drug-likeness (QED) is 0.384. The highest BCUT2D eigenvalue weighted by atomic mass is 16.6. The van der Waals surface area contributed by atoms with Gasteiger partial charge in [0.15, 0.2) is 0 Å². The molecule has 0 radical (unpaired) electrons. The Bertz CT molecular complexity index is 218. The summed E-state index contributed by atoms with van der Waals surface area (Å²) in [4.78, 5) is 21.2. The third kappa shape index (κ3) is 2.41. The molecule has 0 saturated carbocycles. The summed E-state index contributed by atoms with van der Waals surface area (Å²) in [5.74, 6) is -0.964. The Kier molecular flexibility index (Phi) is 5.07. The summed E-state index contributed by atoms with van der Waals surface area (Å²) in [5.41, 5.74) is -1.98. The average molecular weight is 205 g/mol. The van der Waals surface area contributed by atoms with Crippen molar-refractivity contribution in [3.63, 3.8) is 0 Å². The van der Waals surface area contributed by atoms with Gasteiger partial charge in [0.1, 0.15) is 6.61 Å². The zero-order valence-electron chi connectivity index (χ0n) is 8.36. The third-order valence-corrected chi connectivity index (χ3v) is 1.93. The number of rotatable bonds is 6. The van der Waals surface area contributed by atoms with Gasteiger partial charge >= 0.3 is 11.5 Å². The van der Waals surface area contributed by atoms with Gasteiger partial charge in [-0.2, -0.15) is 0 Å². The number of aliphatic hydroxyl groups excluding tert-OH is 1. The molecule has 0 amide bonds. The summed E-state index contributed by atoms with van der Waals surface area (Å²) in [6, 6.07) is 0. The molecule has 0 aliphatic heterocycles. The Morgan fingerprint density at radius 2 is 2.14 bits per heavy atom. The molecule has 0 aliphatic carbocycles. The molecule has 0 aliphatic rings. The van der Waals surface area contributed by atoms with E-state index in [1.807, 2.05) is 0 Å². The maximum Gasteiger partial charge on any atom is 0.387 e. The summed E-state index contributed by atoms with van der Waals surface area (Å²) in [6.45, 7) is 2.50. The maximum absolute atomic E-state index is 11.3. The van der Waals surface area contributed by atoms with E-state index in [0.717, 1.165) is 0 Å². The van der Waals surface area contributed by atoms with Crippen LogP contribution in [-0.4, -0.2) is 34.8 Å². The van der Waals surface area contributed by atoms with Gasteiger partial charge in [0.05, 0.1) is 6.61 Å². The van der Waals surface area contributed by atoms with Crippen molar-refractivity contribution in [3.8, 4) is 0 Å². The van der Waals surface area contributed by atoms with E-state index in [2.05, 4.69) is 4.74 Å². The lowest BCUT2D eigenvalue weighted by molar-refractivity contribution is -0.560. The van der Waals surface area contributed by atoms with Gasteiger partial charge in [-0.1, -0.05) is 6.92 Å². The first-order chi connectivity index (χ1) is 6.55. The fourth-order valence-corrected chi connectivity index (χ4v) is 1.15. The normalized spacial score (nSPS) is 14.5. The summed E-state index contributed by atoms with van der Waals surface area (Å²) in [5, 5.41) is 19.6. The highest BCUT2D eigenvalue weighted by Crippen LogP contribution is 2.18.